The van der Waals surface area contributed by atoms with Gasteiger partial charge in [0.15, 0.2) is 11.6 Å². The molecular formula is C15H18F2N2O. The molecule has 1 aromatic carbocycles. The molecule has 0 radical (unpaired) electrons. The lowest BCUT2D eigenvalue weighted by atomic mass is 9.91. The van der Waals surface area contributed by atoms with Crippen LogP contribution in [0.3, 0.4) is 0 Å². The van der Waals surface area contributed by atoms with Crippen molar-refractivity contribution in [2.75, 3.05) is 19.6 Å². The fourth-order valence-corrected chi connectivity index (χ4v) is 3.20. The molecule has 20 heavy (non-hydrogen) atoms. The third kappa shape index (κ3) is 2.42. The molecule has 0 aromatic heterocycles. The van der Waals surface area contributed by atoms with Gasteiger partial charge in [0.2, 0.25) is 5.91 Å². The highest BCUT2D eigenvalue weighted by atomic mass is 19.2. The van der Waals surface area contributed by atoms with Crippen LogP contribution in [0.25, 0.3) is 0 Å². The third-order valence-corrected chi connectivity index (χ3v) is 4.28. The molecule has 2 aliphatic rings. The topological polar surface area (TPSA) is 32.3 Å². The van der Waals surface area contributed by atoms with Crippen LogP contribution in [0.15, 0.2) is 18.2 Å². The van der Waals surface area contributed by atoms with Crippen molar-refractivity contribution in [3.05, 3.63) is 35.4 Å². The Balaban J connectivity index is 1.80. The van der Waals surface area contributed by atoms with E-state index in [2.05, 4.69) is 5.32 Å². The molecule has 3 rings (SSSR count). The molecule has 2 aliphatic heterocycles. The molecule has 1 aromatic rings. The summed E-state index contributed by atoms with van der Waals surface area (Å²) in [6, 6.07) is 3.63. The summed E-state index contributed by atoms with van der Waals surface area (Å²) in [7, 11) is 0. The number of nitrogens with zero attached hydrogens (tertiary/aromatic N) is 1. The fraction of sp³-hybridized carbons (Fsp3) is 0.533. The summed E-state index contributed by atoms with van der Waals surface area (Å²) in [5, 5.41) is 3.21. The van der Waals surface area contributed by atoms with Crippen molar-refractivity contribution in [1.82, 2.24) is 10.2 Å². The first-order valence-corrected chi connectivity index (χ1v) is 7.14. The van der Waals surface area contributed by atoms with Crippen molar-refractivity contribution < 1.29 is 13.6 Å². The van der Waals surface area contributed by atoms with Crippen LogP contribution in [-0.2, 0) is 4.79 Å². The molecule has 0 spiro atoms. The maximum atomic E-state index is 13.4. The van der Waals surface area contributed by atoms with Gasteiger partial charge in [-0.3, -0.25) is 4.79 Å². The minimum absolute atomic E-state index is 0.0711. The summed E-state index contributed by atoms with van der Waals surface area (Å²) in [6.45, 7) is 2.34. The van der Waals surface area contributed by atoms with E-state index < -0.39 is 11.6 Å². The average molecular weight is 280 g/mol. The molecule has 108 valence electrons. The fourth-order valence-electron chi connectivity index (χ4n) is 3.20. The van der Waals surface area contributed by atoms with E-state index in [9.17, 15) is 13.6 Å². The molecule has 0 unspecified atom stereocenters. The number of carbonyl (C=O) groups is 1. The van der Waals surface area contributed by atoms with E-state index in [0.29, 0.717) is 5.56 Å². The van der Waals surface area contributed by atoms with Gasteiger partial charge in [-0.1, -0.05) is 6.07 Å². The van der Waals surface area contributed by atoms with Crippen LogP contribution in [0.1, 0.15) is 30.7 Å². The minimum atomic E-state index is -0.846. The van der Waals surface area contributed by atoms with Crippen molar-refractivity contribution in [2.45, 2.75) is 31.2 Å². The van der Waals surface area contributed by atoms with Gasteiger partial charge in [-0.15, -0.1) is 0 Å². The summed E-state index contributed by atoms with van der Waals surface area (Å²) < 4.78 is 26.4. The predicted octanol–water partition coefficient (Wildman–Crippen LogP) is 2.03. The number of rotatable bonds is 2. The number of benzene rings is 1. The van der Waals surface area contributed by atoms with Gasteiger partial charge >= 0.3 is 0 Å². The van der Waals surface area contributed by atoms with E-state index in [4.69, 9.17) is 0 Å². The SMILES string of the molecule is O=C([C@@H]1NCC[C@H]1c1ccc(F)c(F)c1)N1CCCC1. The lowest BCUT2D eigenvalue weighted by molar-refractivity contribution is -0.132. The monoisotopic (exact) mass is 280 g/mol. The lowest BCUT2D eigenvalue weighted by Gasteiger charge is -2.24. The summed E-state index contributed by atoms with van der Waals surface area (Å²) in [4.78, 5) is 14.3. The second-order valence-corrected chi connectivity index (χ2v) is 5.53. The molecule has 0 saturated carbocycles. The quantitative estimate of drug-likeness (QED) is 0.899. The van der Waals surface area contributed by atoms with Crippen molar-refractivity contribution in [1.29, 1.82) is 0 Å². The van der Waals surface area contributed by atoms with Crippen molar-refractivity contribution in [2.24, 2.45) is 0 Å². The number of nitrogens with one attached hydrogen (secondary N) is 1. The molecule has 2 heterocycles. The first kappa shape index (κ1) is 13.5. The lowest BCUT2D eigenvalue weighted by Crippen LogP contribution is -2.44. The molecule has 3 nitrogen and oxygen atoms in total. The number of halogens is 2. The van der Waals surface area contributed by atoms with Crippen LogP contribution in [0, 0.1) is 11.6 Å². The first-order valence-electron chi connectivity index (χ1n) is 7.14. The number of hydrogen-bond acceptors (Lipinski definition) is 2. The van der Waals surface area contributed by atoms with E-state index in [0.717, 1.165) is 45.0 Å². The Labute approximate surface area is 117 Å². The van der Waals surface area contributed by atoms with E-state index in [-0.39, 0.29) is 17.9 Å². The predicted molar refractivity (Wildman–Crippen MR) is 71.3 cm³/mol. The van der Waals surface area contributed by atoms with E-state index in [1.54, 1.807) is 6.07 Å². The number of amides is 1. The zero-order valence-electron chi connectivity index (χ0n) is 11.2. The highest BCUT2D eigenvalue weighted by Gasteiger charge is 2.37. The highest BCUT2D eigenvalue weighted by Crippen LogP contribution is 2.30. The Morgan fingerprint density at radius 2 is 1.95 bits per heavy atom. The van der Waals surface area contributed by atoms with Crippen LogP contribution in [0.5, 0.6) is 0 Å². The molecular weight excluding hydrogens is 262 g/mol. The zero-order valence-corrected chi connectivity index (χ0v) is 11.2. The average Bonchev–Trinajstić information content (AvgIpc) is 3.11. The van der Waals surface area contributed by atoms with Gasteiger partial charge in [0.25, 0.3) is 0 Å². The van der Waals surface area contributed by atoms with Crippen molar-refractivity contribution in [3.8, 4) is 0 Å². The second kappa shape index (κ2) is 5.48. The maximum absolute atomic E-state index is 13.4. The van der Waals surface area contributed by atoms with Gasteiger partial charge in [-0.05, 0) is 43.5 Å². The van der Waals surface area contributed by atoms with E-state index in [1.165, 1.54) is 6.07 Å². The normalized spacial score (nSPS) is 26.2. The van der Waals surface area contributed by atoms with Gasteiger partial charge < -0.3 is 10.2 Å². The summed E-state index contributed by atoms with van der Waals surface area (Å²) >= 11 is 0. The maximum Gasteiger partial charge on any atom is 0.240 e. The highest BCUT2D eigenvalue weighted by molar-refractivity contribution is 5.83. The van der Waals surface area contributed by atoms with Gasteiger partial charge in [-0.25, -0.2) is 8.78 Å². The van der Waals surface area contributed by atoms with E-state index in [1.807, 2.05) is 4.90 Å². The second-order valence-electron chi connectivity index (χ2n) is 5.53. The summed E-state index contributed by atoms with van der Waals surface area (Å²) in [5.41, 5.74) is 0.700. The largest absolute Gasteiger partial charge is 0.341 e. The number of likely N-dealkylation sites (tertiary alicyclic amines) is 1. The molecule has 2 atom stereocenters. The smallest absolute Gasteiger partial charge is 0.240 e. The van der Waals surface area contributed by atoms with Crippen LogP contribution in [0.4, 0.5) is 8.78 Å². The standard InChI is InChI=1S/C15H18F2N2O/c16-12-4-3-10(9-13(12)17)11-5-6-18-14(11)15(20)19-7-1-2-8-19/h3-4,9,11,14,18H,1-2,5-8H2/t11-,14+/m0/s1. The number of carbonyl (C=O) groups excluding carboxylic acids is 1. The Kier molecular flexibility index (Phi) is 3.70. The van der Waals surface area contributed by atoms with Gasteiger partial charge in [-0.2, -0.15) is 0 Å². The molecule has 1 amide bonds. The van der Waals surface area contributed by atoms with Crippen LogP contribution in [-0.4, -0.2) is 36.5 Å². The third-order valence-electron chi connectivity index (χ3n) is 4.28. The Morgan fingerprint density at radius 3 is 2.65 bits per heavy atom. The molecule has 2 saturated heterocycles. The van der Waals surface area contributed by atoms with Gasteiger partial charge in [0.05, 0.1) is 6.04 Å². The van der Waals surface area contributed by atoms with Crippen LogP contribution >= 0.6 is 0 Å². The molecule has 2 fully saturated rings. The zero-order chi connectivity index (χ0) is 14.1. The van der Waals surface area contributed by atoms with Gasteiger partial charge in [0, 0.05) is 19.0 Å². The molecule has 5 heteroatoms. The van der Waals surface area contributed by atoms with E-state index >= 15 is 0 Å². The summed E-state index contributed by atoms with van der Waals surface area (Å²) in [6.07, 6.45) is 2.87. The Bertz CT molecular complexity index is 515. The van der Waals surface area contributed by atoms with Crippen molar-refractivity contribution >= 4 is 5.91 Å². The van der Waals surface area contributed by atoms with Crippen molar-refractivity contribution in [3.63, 3.8) is 0 Å². The minimum Gasteiger partial charge on any atom is -0.341 e. The molecule has 0 bridgehead atoms. The molecule has 1 N–H and O–H groups in total. The first-order chi connectivity index (χ1) is 9.66. The molecule has 0 aliphatic carbocycles. The van der Waals surface area contributed by atoms with Crippen LogP contribution in [0.2, 0.25) is 0 Å². The van der Waals surface area contributed by atoms with Gasteiger partial charge in [0.1, 0.15) is 0 Å². The number of hydrogen-bond donors (Lipinski definition) is 1. The Hall–Kier alpha value is -1.49. The Morgan fingerprint density at radius 1 is 1.20 bits per heavy atom. The summed E-state index contributed by atoms with van der Waals surface area (Å²) in [5.74, 6) is -1.67. The van der Waals surface area contributed by atoms with Crippen LogP contribution < -0.4 is 5.32 Å².